The number of ether oxygens (including phenoxy) is 1. The average molecular weight is 361 g/mol. The highest BCUT2D eigenvalue weighted by Gasteiger charge is 2.27. The van der Waals surface area contributed by atoms with Crippen LogP contribution in [-0.2, 0) is 17.9 Å². The standard InChI is InChI=1S/C13H21BrN2O3Si/c1-20(2,3)7-6-19-8-16-11-9(4-5-10(11)14)12(17)15-13(16)18/h10H,4-8H2,1-3H3,(H,15,17,18). The second-order valence-electron chi connectivity index (χ2n) is 6.41. The van der Waals surface area contributed by atoms with Crippen LogP contribution >= 0.6 is 15.9 Å². The molecule has 0 bridgehead atoms. The van der Waals surface area contributed by atoms with Gasteiger partial charge in [-0.2, -0.15) is 0 Å². The molecule has 0 saturated heterocycles. The second kappa shape index (κ2) is 5.99. The summed E-state index contributed by atoms with van der Waals surface area (Å²) in [5.41, 5.74) is 0.852. The SMILES string of the molecule is C[Si](C)(C)CCOCn1c2c(c(=O)[nH]c1=O)CCC2Br. The number of halogens is 1. The Balaban J connectivity index is 2.15. The summed E-state index contributed by atoms with van der Waals surface area (Å²) in [6, 6.07) is 1.06. The van der Waals surface area contributed by atoms with E-state index in [9.17, 15) is 9.59 Å². The van der Waals surface area contributed by atoms with Crippen molar-refractivity contribution >= 4 is 24.0 Å². The van der Waals surface area contributed by atoms with E-state index in [2.05, 4.69) is 40.6 Å². The number of fused-ring (bicyclic) bond motifs is 1. The zero-order valence-electron chi connectivity index (χ0n) is 12.2. The van der Waals surface area contributed by atoms with Crippen LogP contribution in [0.4, 0.5) is 0 Å². The minimum Gasteiger partial charge on any atom is -0.361 e. The van der Waals surface area contributed by atoms with E-state index in [1.165, 1.54) is 0 Å². The normalized spacial score (nSPS) is 18.3. The van der Waals surface area contributed by atoms with Crippen LogP contribution in [-0.4, -0.2) is 24.2 Å². The lowest BCUT2D eigenvalue weighted by Crippen LogP contribution is -2.35. The fourth-order valence-electron chi connectivity index (χ4n) is 2.30. The molecule has 7 heteroatoms. The van der Waals surface area contributed by atoms with Gasteiger partial charge in [0.05, 0.1) is 4.83 Å². The van der Waals surface area contributed by atoms with E-state index < -0.39 is 8.07 Å². The van der Waals surface area contributed by atoms with E-state index in [1.807, 2.05) is 0 Å². The molecule has 1 atom stereocenters. The van der Waals surface area contributed by atoms with E-state index in [0.29, 0.717) is 18.6 Å². The predicted molar refractivity (Wildman–Crippen MR) is 85.4 cm³/mol. The molecule has 0 saturated carbocycles. The number of hydrogen-bond acceptors (Lipinski definition) is 3. The summed E-state index contributed by atoms with van der Waals surface area (Å²) >= 11 is 3.54. The number of hydrogen-bond donors (Lipinski definition) is 1. The van der Waals surface area contributed by atoms with Crippen LogP contribution in [0, 0.1) is 0 Å². The molecule has 1 unspecified atom stereocenters. The fraction of sp³-hybridized carbons (Fsp3) is 0.692. The molecule has 1 aliphatic carbocycles. The maximum absolute atomic E-state index is 12.0. The number of alkyl halides is 1. The van der Waals surface area contributed by atoms with Gasteiger partial charge in [0, 0.05) is 25.9 Å². The molecule has 2 rings (SSSR count). The first-order chi connectivity index (χ1) is 9.29. The Hall–Kier alpha value is -0.663. The number of H-pyrrole nitrogens is 1. The van der Waals surface area contributed by atoms with Crippen molar-refractivity contribution in [2.24, 2.45) is 0 Å². The molecule has 1 aliphatic rings. The van der Waals surface area contributed by atoms with E-state index >= 15 is 0 Å². The maximum Gasteiger partial charge on any atom is 0.330 e. The zero-order valence-corrected chi connectivity index (χ0v) is 14.7. The number of nitrogens with zero attached hydrogens (tertiary/aromatic N) is 1. The average Bonchev–Trinajstić information content (AvgIpc) is 2.69. The summed E-state index contributed by atoms with van der Waals surface area (Å²) in [5.74, 6) is 0. The first-order valence-electron chi connectivity index (χ1n) is 6.87. The molecule has 0 radical (unpaired) electrons. The monoisotopic (exact) mass is 360 g/mol. The quantitative estimate of drug-likeness (QED) is 0.497. The van der Waals surface area contributed by atoms with Gasteiger partial charge in [-0.3, -0.25) is 14.3 Å². The molecular weight excluding hydrogens is 340 g/mol. The highest BCUT2D eigenvalue weighted by Crippen LogP contribution is 2.34. The third-order valence-electron chi connectivity index (χ3n) is 3.50. The van der Waals surface area contributed by atoms with Crippen LogP contribution in [0.1, 0.15) is 22.5 Å². The molecule has 0 fully saturated rings. The molecule has 0 amide bonds. The minimum absolute atomic E-state index is 0.0630. The third-order valence-corrected chi connectivity index (χ3v) is 6.10. The lowest BCUT2D eigenvalue weighted by atomic mass is 10.2. The van der Waals surface area contributed by atoms with Gasteiger partial charge in [-0.1, -0.05) is 35.6 Å². The molecule has 0 aliphatic heterocycles. The first kappa shape index (κ1) is 15.7. The van der Waals surface area contributed by atoms with Gasteiger partial charge in [0.1, 0.15) is 6.73 Å². The number of aromatic nitrogens is 2. The molecule has 20 heavy (non-hydrogen) atoms. The predicted octanol–water partition coefficient (Wildman–Crippen LogP) is 2.23. The molecule has 0 spiro atoms. The van der Waals surface area contributed by atoms with Crippen LogP contribution in [0.25, 0.3) is 0 Å². The highest BCUT2D eigenvalue weighted by atomic mass is 79.9. The van der Waals surface area contributed by atoms with Gasteiger partial charge in [0.2, 0.25) is 0 Å². The van der Waals surface area contributed by atoms with E-state index in [0.717, 1.165) is 18.2 Å². The van der Waals surface area contributed by atoms with E-state index in [-0.39, 0.29) is 22.8 Å². The molecule has 0 aromatic carbocycles. The first-order valence-corrected chi connectivity index (χ1v) is 11.5. The Labute approximate surface area is 127 Å². The van der Waals surface area contributed by atoms with Crippen molar-refractivity contribution in [3.8, 4) is 0 Å². The molecule has 5 nitrogen and oxygen atoms in total. The van der Waals surface area contributed by atoms with Crippen LogP contribution in [0.3, 0.4) is 0 Å². The van der Waals surface area contributed by atoms with E-state index in [1.54, 1.807) is 4.57 Å². The topological polar surface area (TPSA) is 64.1 Å². The number of aromatic amines is 1. The number of rotatable bonds is 5. The molecule has 1 aromatic rings. The van der Waals surface area contributed by atoms with E-state index in [4.69, 9.17) is 4.74 Å². The summed E-state index contributed by atoms with van der Waals surface area (Å²) in [5, 5.41) is 0. The molecular formula is C13H21BrN2O3Si. The Morgan fingerprint density at radius 2 is 2.10 bits per heavy atom. The summed E-state index contributed by atoms with van der Waals surface area (Å²) < 4.78 is 7.19. The van der Waals surface area contributed by atoms with Crippen molar-refractivity contribution in [3.63, 3.8) is 0 Å². The second-order valence-corrected chi connectivity index (χ2v) is 13.1. The van der Waals surface area contributed by atoms with Crippen LogP contribution < -0.4 is 11.2 Å². The molecule has 1 N–H and O–H groups in total. The van der Waals surface area contributed by atoms with Gasteiger partial charge >= 0.3 is 5.69 Å². The number of nitrogens with one attached hydrogen (secondary N) is 1. The molecule has 1 heterocycles. The molecule has 112 valence electrons. The third kappa shape index (κ3) is 3.50. The Morgan fingerprint density at radius 3 is 2.75 bits per heavy atom. The zero-order chi connectivity index (χ0) is 14.9. The maximum atomic E-state index is 12.0. The highest BCUT2D eigenvalue weighted by molar-refractivity contribution is 9.09. The van der Waals surface area contributed by atoms with Gasteiger partial charge in [0.15, 0.2) is 0 Å². The lowest BCUT2D eigenvalue weighted by Gasteiger charge is -2.17. The summed E-state index contributed by atoms with van der Waals surface area (Å²) in [4.78, 5) is 26.2. The van der Waals surface area contributed by atoms with Gasteiger partial charge in [-0.25, -0.2) is 4.79 Å². The largest absolute Gasteiger partial charge is 0.361 e. The Bertz CT molecular complexity index is 603. The molecule has 1 aromatic heterocycles. The van der Waals surface area contributed by atoms with Crippen LogP contribution in [0.15, 0.2) is 9.59 Å². The van der Waals surface area contributed by atoms with Crippen LogP contribution in [0.2, 0.25) is 25.7 Å². The van der Waals surface area contributed by atoms with Crippen LogP contribution in [0.5, 0.6) is 0 Å². The summed E-state index contributed by atoms with van der Waals surface area (Å²) in [6.45, 7) is 7.73. The van der Waals surface area contributed by atoms with Crippen molar-refractivity contribution in [1.29, 1.82) is 0 Å². The van der Waals surface area contributed by atoms with Crippen molar-refractivity contribution in [1.82, 2.24) is 9.55 Å². The lowest BCUT2D eigenvalue weighted by molar-refractivity contribution is 0.0817. The Kier molecular flexibility index (Phi) is 4.71. The van der Waals surface area contributed by atoms with Crippen molar-refractivity contribution in [2.75, 3.05) is 6.61 Å². The smallest absolute Gasteiger partial charge is 0.330 e. The summed E-state index contributed by atoms with van der Waals surface area (Å²) in [7, 11) is -1.13. The van der Waals surface area contributed by atoms with Crippen molar-refractivity contribution in [3.05, 3.63) is 32.1 Å². The van der Waals surface area contributed by atoms with Gasteiger partial charge in [0.25, 0.3) is 5.56 Å². The Morgan fingerprint density at radius 1 is 1.40 bits per heavy atom. The van der Waals surface area contributed by atoms with Gasteiger partial charge < -0.3 is 4.74 Å². The van der Waals surface area contributed by atoms with Gasteiger partial charge in [-0.05, 0) is 18.9 Å². The van der Waals surface area contributed by atoms with Crippen molar-refractivity contribution in [2.45, 2.75) is 50.1 Å². The fourth-order valence-corrected chi connectivity index (χ4v) is 3.81. The minimum atomic E-state index is -1.13. The van der Waals surface area contributed by atoms with Gasteiger partial charge in [-0.15, -0.1) is 0 Å². The van der Waals surface area contributed by atoms with Crippen molar-refractivity contribution < 1.29 is 4.74 Å². The summed E-state index contributed by atoms with van der Waals surface area (Å²) in [6.07, 6.45) is 1.55.